The molecule has 1 aromatic heterocycles. The third-order valence-electron chi connectivity index (χ3n) is 3.80. The van der Waals surface area contributed by atoms with Gasteiger partial charge in [0.05, 0.1) is 5.75 Å². The van der Waals surface area contributed by atoms with E-state index in [9.17, 15) is 4.79 Å². The third kappa shape index (κ3) is 4.67. The Balaban J connectivity index is 1.87. The largest absolute Gasteiger partial charge is 0.459 e. The summed E-state index contributed by atoms with van der Waals surface area (Å²) in [6.45, 7) is 6.33. The topological polar surface area (TPSA) is 42.2 Å². The number of amides is 1. The molecule has 0 saturated carbocycles. The van der Waals surface area contributed by atoms with Crippen LogP contribution in [0.2, 0.25) is 0 Å². The summed E-state index contributed by atoms with van der Waals surface area (Å²) in [5, 5.41) is 4.17. The lowest BCUT2D eigenvalue weighted by Gasteiger charge is -2.20. The highest BCUT2D eigenvalue weighted by Crippen LogP contribution is 2.29. The van der Waals surface area contributed by atoms with Gasteiger partial charge in [-0.3, -0.25) is 4.79 Å². The Labute approximate surface area is 152 Å². The highest BCUT2D eigenvalue weighted by atomic mass is 32.2. The normalized spacial score (nSPS) is 12.9. The molecule has 1 amide bonds. The summed E-state index contributed by atoms with van der Waals surface area (Å²) in [7, 11) is 0. The number of hydrogen-bond donors (Lipinski definition) is 1. The van der Waals surface area contributed by atoms with E-state index in [1.165, 1.54) is 0 Å². The molecule has 0 aliphatic heterocycles. The van der Waals surface area contributed by atoms with Crippen LogP contribution in [-0.4, -0.2) is 16.4 Å². The van der Waals surface area contributed by atoms with Crippen molar-refractivity contribution in [3.8, 4) is 0 Å². The van der Waals surface area contributed by atoms with Crippen molar-refractivity contribution < 1.29 is 9.21 Å². The van der Waals surface area contributed by atoms with E-state index in [0.717, 1.165) is 22.3 Å². The predicted molar refractivity (Wildman–Crippen MR) is 105 cm³/mol. The third-order valence-corrected chi connectivity index (χ3v) is 5.08. The van der Waals surface area contributed by atoms with Gasteiger partial charge in [-0.05, 0) is 17.7 Å². The zero-order valence-electron chi connectivity index (χ0n) is 14.8. The van der Waals surface area contributed by atoms with Crippen molar-refractivity contribution in [1.29, 1.82) is 0 Å². The molecule has 130 valence electrons. The van der Waals surface area contributed by atoms with Gasteiger partial charge < -0.3 is 9.73 Å². The van der Waals surface area contributed by atoms with E-state index in [1.54, 1.807) is 11.8 Å². The number of para-hydroxylation sites is 1. The van der Waals surface area contributed by atoms with Gasteiger partial charge in [-0.2, -0.15) is 0 Å². The molecule has 3 nitrogen and oxygen atoms in total. The van der Waals surface area contributed by atoms with Gasteiger partial charge in [-0.25, -0.2) is 0 Å². The predicted octanol–water partition coefficient (Wildman–Crippen LogP) is 5.17. The molecule has 3 aromatic rings. The van der Waals surface area contributed by atoms with Crippen molar-refractivity contribution in [2.45, 2.75) is 31.6 Å². The molecule has 0 spiro atoms. The molecule has 0 saturated heterocycles. The molecule has 0 aliphatic carbocycles. The fraction of sp³-hybridized carbons (Fsp3) is 0.286. The first kappa shape index (κ1) is 17.6. The lowest BCUT2D eigenvalue weighted by Crippen LogP contribution is -2.31. The van der Waals surface area contributed by atoms with Gasteiger partial charge in [0.15, 0.2) is 0 Å². The molecule has 4 heteroatoms. The molecule has 0 fully saturated rings. The molecule has 25 heavy (non-hydrogen) atoms. The fourth-order valence-electron chi connectivity index (χ4n) is 2.59. The molecule has 3 rings (SSSR count). The molecule has 1 atom stereocenters. The zero-order chi connectivity index (χ0) is 17.9. The van der Waals surface area contributed by atoms with Crippen molar-refractivity contribution in [3.63, 3.8) is 0 Å². The standard InChI is InChI=1S/C21H23NO2S/c1-21(2,3)25-14-19(23)22-20(15-9-5-4-6-10-15)18-13-16-11-7-8-12-17(16)24-18/h4-13,20H,14H2,1-3H3,(H,22,23). The van der Waals surface area contributed by atoms with Gasteiger partial charge in [0, 0.05) is 10.1 Å². The Bertz CT molecular complexity index is 816. The summed E-state index contributed by atoms with van der Waals surface area (Å²) in [4.78, 5) is 12.5. The second-order valence-electron chi connectivity index (χ2n) is 7.00. The SMILES string of the molecule is CC(C)(C)SCC(=O)NC(c1ccccc1)c1cc2ccccc2o1. The second kappa shape index (κ2) is 7.36. The average molecular weight is 353 g/mol. The van der Waals surface area contributed by atoms with E-state index in [2.05, 4.69) is 26.1 Å². The summed E-state index contributed by atoms with van der Waals surface area (Å²) < 4.78 is 6.06. The highest BCUT2D eigenvalue weighted by Gasteiger charge is 2.22. The Morgan fingerprint density at radius 1 is 1.08 bits per heavy atom. The minimum absolute atomic E-state index is 0.00855. The first-order chi connectivity index (χ1) is 11.9. The van der Waals surface area contributed by atoms with Crippen LogP contribution in [0.4, 0.5) is 0 Å². The van der Waals surface area contributed by atoms with Crippen LogP contribution in [0.15, 0.2) is 65.1 Å². The lowest BCUT2D eigenvalue weighted by molar-refractivity contribution is -0.119. The summed E-state index contributed by atoms with van der Waals surface area (Å²) >= 11 is 1.64. The van der Waals surface area contributed by atoms with Crippen molar-refractivity contribution in [2.75, 3.05) is 5.75 Å². The van der Waals surface area contributed by atoms with E-state index in [0.29, 0.717) is 5.75 Å². The van der Waals surface area contributed by atoms with E-state index in [1.807, 2.05) is 60.7 Å². The molecule has 0 bridgehead atoms. The molecular weight excluding hydrogens is 330 g/mol. The number of rotatable bonds is 5. The first-order valence-electron chi connectivity index (χ1n) is 8.39. The van der Waals surface area contributed by atoms with Crippen LogP contribution in [0.3, 0.4) is 0 Å². The second-order valence-corrected chi connectivity index (χ2v) is 8.80. The van der Waals surface area contributed by atoms with E-state index in [-0.39, 0.29) is 16.7 Å². The van der Waals surface area contributed by atoms with Crippen LogP contribution < -0.4 is 5.32 Å². The van der Waals surface area contributed by atoms with Crippen molar-refractivity contribution in [1.82, 2.24) is 5.32 Å². The average Bonchev–Trinajstić information content (AvgIpc) is 3.02. The monoisotopic (exact) mass is 353 g/mol. The van der Waals surface area contributed by atoms with Gasteiger partial charge >= 0.3 is 0 Å². The lowest BCUT2D eigenvalue weighted by atomic mass is 10.0. The van der Waals surface area contributed by atoms with E-state index >= 15 is 0 Å². The number of carbonyl (C=O) groups excluding carboxylic acids is 1. The van der Waals surface area contributed by atoms with Crippen LogP contribution in [0.1, 0.15) is 38.1 Å². The number of fused-ring (bicyclic) bond motifs is 1. The van der Waals surface area contributed by atoms with Gasteiger partial charge in [0.2, 0.25) is 5.91 Å². The summed E-state index contributed by atoms with van der Waals surface area (Å²) in [6.07, 6.45) is 0. The van der Waals surface area contributed by atoms with Crippen molar-refractivity contribution >= 4 is 28.6 Å². The van der Waals surface area contributed by atoms with Crippen LogP contribution in [-0.2, 0) is 4.79 Å². The molecule has 1 heterocycles. The molecule has 1 N–H and O–H groups in total. The Morgan fingerprint density at radius 3 is 2.44 bits per heavy atom. The Hall–Kier alpha value is -2.20. The number of nitrogens with one attached hydrogen (secondary N) is 1. The Kier molecular flexibility index (Phi) is 5.19. The Morgan fingerprint density at radius 2 is 1.76 bits per heavy atom. The van der Waals surface area contributed by atoms with Gasteiger partial charge in [0.1, 0.15) is 17.4 Å². The minimum Gasteiger partial charge on any atom is -0.459 e. The maximum atomic E-state index is 12.5. The van der Waals surface area contributed by atoms with E-state index < -0.39 is 0 Å². The number of thioether (sulfide) groups is 1. The van der Waals surface area contributed by atoms with Crippen LogP contribution >= 0.6 is 11.8 Å². The smallest absolute Gasteiger partial charge is 0.230 e. The van der Waals surface area contributed by atoms with Crippen LogP contribution in [0.25, 0.3) is 11.0 Å². The van der Waals surface area contributed by atoms with Gasteiger partial charge in [-0.15, -0.1) is 11.8 Å². The summed E-state index contributed by atoms with van der Waals surface area (Å²) in [6, 6.07) is 19.5. The number of hydrogen-bond acceptors (Lipinski definition) is 3. The van der Waals surface area contributed by atoms with Crippen LogP contribution in [0.5, 0.6) is 0 Å². The number of carbonyl (C=O) groups is 1. The maximum Gasteiger partial charge on any atom is 0.230 e. The number of benzene rings is 2. The van der Waals surface area contributed by atoms with Crippen LogP contribution in [0, 0.1) is 0 Å². The minimum atomic E-state index is -0.290. The molecule has 0 aliphatic rings. The fourth-order valence-corrected chi connectivity index (χ4v) is 3.24. The summed E-state index contributed by atoms with van der Waals surface area (Å²) in [5.41, 5.74) is 1.84. The zero-order valence-corrected chi connectivity index (χ0v) is 15.6. The quantitative estimate of drug-likeness (QED) is 0.688. The maximum absolute atomic E-state index is 12.5. The summed E-state index contributed by atoms with van der Waals surface area (Å²) in [5.74, 6) is 1.18. The molecule has 1 unspecified atom stereocenters. The van der Waals surface area contributed by atoms with Crippen molar-refractivity contribution in [3.05, 3.63) is 72.0 Å². The molecule has 0 radical (unpaired) electrons. The van der Waals surface area contributed by atoms with E-state index in [4.69, 9.17) is 4.42 Å². The number of furan rings is 1. The molecular formula is C21H23NO2S. The van der Waals surface area contributed by atoms with Crippen molar-refractivity contribution in [2.24, 2.45) is 0 Å². The first-order valence-corrected chi connectivity index (χ1v) is 9.38. The highest BCUT2D eigenvalue weighted by molar-refractivity contribution is 8.01. The molecule has 2 aromatic carbocycles. The van der Waals surface area contributed by atoms with Gasteiger partial charge in [-0.1, -0.05) is 69.3 Å². The van der Waals surface area contributed by atoms with Gasteiger partial charge in [0.25, 0.3) is 0 Å².